The second-order valence-electron chi connectivity index (χ2n) is 9.48. The number of aromatic nitrogens is 3. The number of rotatable bonds is 5. The Kier molecular flexibility index (Phi) is 6.60. The molecule has 8 heteroatoms. The first-order valence-corrected chi connectivity index (χ1v) is 12.4. The van der Waals surface area contributed by atoms with E-state index in [-0.39, 0.29) is 12.0 Å². The number of hydrogen-bond acceptors (Lipinski definition) is 7. The molecule has 0 radical (unpaired) electrons. The lowest BCUT2D eigenvalue weighted by Gasteiger charge is -2.36. The summed E-state index contributed by atoms with van der Waals surface area (Å²) in [4.78, 5) is 23.8. The lowest BCUT2D eigenvalue weighted by atomic mass is 10.0. The molecule has 1 amide bonds. The van der Waals surface area contributed by atoms with Crippen LogP contribution in [0.5, 0.6) is 5.88 Å². The molecule has 3 aliphatic rings. The zero-order valence-electron chi connectivity index (χ0n) is 19.5. The molecule has 0 spiro atoms. The molecule has 8 nitrogen and oxygen atoms in total. The van der Waals surface area contributed by atoms with Crippen LogP contribution in [0.15, 0.2) is 30.5 Å². The molecule has 1 unspecified atom stereocenters. The van der Waals surface area contributed by atoms with Crippen molar-refractivity contribution >= 4 is 17.5 Å². The van der Waals surface area contributed by atoms with Gasteiger partial charge in [-0.15, -0.1) is 10.2 Å². The van der Waals surface area contributed by atoms with Crippen molar-refractivity contribution in [2.24, 2.45) is 0 Å². The summed E-state index contributed by atoms with van der Waals surface area (Å²) in [5.41, 5.74) is 0.613. The average molecular weight is 451 g/mol. The largest absolute Gasteiger partial charge is 0.474 e. The molecule has 2 aromatic heterocycles. The van der Waals surface area contributed by atoms with Crippen molar-refractivity contribution in [1.82, 2.24) is 20.1 Å². The number of anilines is 2. The Hall–Kier alpha value is -2.90. The van der Waals surface area contributed by atoms with E-state index in [0.29, 0.717) is 30.6 Å². The van der Waals surface area contributed by atoms with Crippen molar-refractivity contribution in [3.8, 4) is 5.88 Å². The predicted molar refractivity (Wildman–Crippen MR) is 128 cm³/mol. The maximum Gasteiger partial charge on any atom is 0.255 e. The van der Waals surface area contributed by atoms with Crippen LogP contribution in [0.2, 0.25) is 0 Å². The molecule has 2 aromatic rings. The highest BCUT2D eigenvalue weighted by molar-refractivity contribution is 5.94. The lowest BCUT2D eigenvalue weighted by molar-refractivity contribution is 0.0746. The van der Waals surface area contributed by atoms with Gasteiger partial charge in [0.1, 0.15) is 6.10 Å². The Balaban J connectivity index is 1.14. The predicted octanol–water partition coefficient (Wildman–Crippen LogP) is 3.53. The van der Waals surface area contributed by atoms with Crippen LogP contribution in [-0.4, -0.2) is 70.9 Å². The third-order valence-electron chi connectivity index (χ3n) is 7.20. The van der Waals surface area contributed by atoms with E-state index in [1.165, 1.54) is 32.1 Å². The summed E-state index contributed by atoms with van der Waals surface area (Å²) in [6.45, 7) is 6.12. The van der Waals surface area contributed by atoms with Gasteiger partial charge in [-0.3, -0.25) is 4.79 Å². The summed E-state index contributed by atoms with van der Waals surface area (Å²) < 4.78 is 5.91. The van der Waals surface area contributed by atoms with Crippen LogP contribution in [0.1, 0.15) is 62.2 Å². The SMILES string of the molecule is CC1CCCCN1c1ccc(N2CCN(C(=O)c3ccc(OC4CCCC4)nc3)CC2)nn1. The van der Waals surface area contributed by atoms with E-state index < -0.39 is 0 Å². The monoisotopic (exact) mass is 450 g/mol. The minimum atomic E-state index is 0.0232. The summed E-state index contributed by atoms with van der Waals surface area (Å²) in [6, 6.07) is 8.32. The minimum Gasteiger partial charge on any atom is -0.474 e. The van der Waals surface area contributed by atoms with Gasteiger partial charge in [-0.1, -0.05) is 0 Å². The van der Waals surface area contributed by atoms with Crippen LogP contribution in [0.4, 0.5) is 11.6 Å². The Morgan fingerprint density at radius 1 is 0.879 bits per heavy atom. The van der Waals surface area contributed by atoms with Crippen LogP contribution in [0.25, 0.3) is 0 Å². The van der Waals surface area contributed by atoms with Crippen molar-refractivity contribution in [3.63, 3.8) is 0 Å². The van der Waals surface area contributed by atoms with Gasteiger partial charge in [0.05, 0.1) is 5.56 Å². The molecule has 2 saturated heterocycles. The zero-order chi connectivity index (χ0) is 22.6. The molecule has 0 aromatic carbocycles. The molecular weight excluding hydrogens is 416 g/mol. The number of nitrogens with zero attached hydrogens (tertiary/aromatic N) is 6. The first-order valence-electron chi connectivity index (χ1n) is 12.4. The van der Waals surface area contributed by atoms with Gasteiger partial charge < -0.3 is 19.4 Å². The lowest BCUT2D eigenvalue weighted by Crippen LogP contribution is -2.49. The molecule has 5 rings (SSSR count). The van der Waals surface area contributed by atoms with Crippen molar-refractivity contribution in [3.05, 3.63) is 36.0 Å². The molecule has 33 heavy (non-hydrogen) atoms. The fourth-order valence-electron chi connectivity index (χ4n) is 5.15. The van der Waals surface area contributed by atoms with Crippen LogP contribution < -0.4 is 14.5 Å². The molecule has 0 bridgehead atoms. The molecule has 176 valence electrons. The van der Waals surface area contributed by atoms with Crippen LogP contribution in [0, 0.1) is 0 Å². The van der Waals surface area contributed by atoms with Gasteiger partial charge in [0.15, 0.2) is 11.6 Å². The van der Waals surface area contributed by atoms with Gasteiger partial charge in [0.25, 0.3) is 5.91 Å². The second-order valence-corrected chi connectivity index (χ2v) is 9.48. The summed E-state index contributed by atoms with van der Waals surface area (Å²) in [6.07, 6.45) is 10.3. The van der Waals surface area contributed by atoms with E-state index in [2.05, 4.69) is 44.0 Å². The van der Waals surface area contributed by atoms with Crippen molar-refractivity contribution in [2.45, 2.75) is 64.0 Å². The van der Waals surface area contributed by atoms with E-state index in [4.69, 9.17) is 4.74 Å². The minimum absolute atomic E-state index is 0.0232. The Morgan fingerprint density at radius 3 is 2.27 bits per heavy atom. The summed E-state index contributed by atoms with van der Waals surface area (Å²) in [7, 11) is 0. The first kappa shape index (κ1) is 21.9. The number of carbonyl (C=O) groups is 1. The number of carbonyl (C=O) groups excluding carboxylic acids is 1. The summed E-state index contributed by atoms with van der Waals surface area (Å²) in [5.74, 6) is 2.48. The Morgan fingerprint density at radius 2 is 1.61 bits per heavy atom. The highest BCUT2D eigenvalue weighted by atomic mass is 16.5. The normalized spacial score (nSPS) is 22.0. The number of piperidine rings is 1. The first-order chi connectivity index (χ1) is 16.2. The third kappa shape index (κ3) is 5.04. The van der Waals surface area contributed by atoms with Crippen LogP contribution in [0.3, 0.4) is 0 Å². The third-order valence-corrected chi connectivity index (χ3v) is 7.20. The van der Waals surface area contributed by atoms with Crippen molar-refractivity contribution in [1.29, 1.82) is 0 Å². The molecular formula is C25H34N6O2. The maximum atomic E-state index is 12.9. The van der Waals surface area contributed by atoms with Gasteiger partial charge >= 0.3 is 0 Å². The quantitative estimate of drug-likeness (QED) is 0.690. The number of pyridine rings is 1. The van der Waals surface area contributed by atoms with E-state index in [1.54, 1.807) is 6.20 Å². The smallest absolute Gasteiger partial charge is 0.255 e. The van der Waals surface area contributed by atoms with Crippen LogP contribution >= 0.6 is 0 Å². The Labute approximate surface area is 195 Å². The number of hydrogen-bond donors (Lipinski definition) is 0. The van der Waals surface area contributed by atoms with Gasteiger partial charge in [-0.25, -0.2) is 4.98 Å². The van der Waals surface area contributed by atoms with Gasteiger partial charge in [-0.05, 0) is 70.1 Å². The maximum absolute atomic E-state index is 12.9. The van der Waals surface area contributed by atoms with Crippen molar-refractivity contribution in [2.75, 3.05) is 42.5 Å². The van der Waals surface area contributed by atoms with Gasteiger partial charge in [0, 0.05) is 51.0 Å². The fourth-order valence-corrected chi connectivity index (χ4v) is 5.15. The Bertz CT molecular complexity index is 921. The van der Waals surface area contributed by atoms with E-state index >= 15 is 0 Å². The standard InChI is InChI=1S/C25H34N6O2/c1-19-6-4-5-13-31(19)23-11-10-22(27-28-23)29-14-16-30(17-15-29)25(32)20-9-12-24(26-18-20)33-21-7-2-3-8-21/h9-12,18-19,21H,2-8,13-17H2,1H3. The van der Waals surface area contributed by atoms with E-state index in [9.17, 15) is 4.79 Å². The molecule has 3 fully saturated rings. The van der Waals surface area contributed by atoms with Crippen molar-refractivity contribution < 1.29 is 9.53 Å². The summed E-state index contributed by atoms with van der Waals surface area (Å²) >= 11 is 0. The topological polar surface area (TPSA) is 74.7 Å². The molecule has 2 aliphatic heterocycles. The number of piperazine rings is 1. The van der Waals surface area contributed by atoms with Gasteiger partial charge in [0.2, 0.25) is 5.88 Å². The fraction of sp³-hybridized carbons (Fsp3) is 0.600. The molecule has 1 saturated carbocycles. The van der Waals surface area contributed by atoms with E-state index in [0.717, 1.165) is 44.1 Å². The highest BCUT2D eigenvalue weighted by Gasteiger charge is 2.25. The second kappa shape index (κ2) is 9.93. The zero-order valence-corrected chi connectivity index (χ0v) is 19.5. The molecule has 1 atom stereocenters. The molecule has 0 N–H and O–H groups in total. The molecule has 4 heterocycles. The molecule has 1 aliphatic carbocycles. The van der Waals surface area contributed by atoms with Gasteiger partial charge in [-0.2, -0.15) is 0 Å². The average Bonchev–Trinajstić information content (AvgIpc) is 3.38. The number of amides is 1. The summed E-state index contributed by atoms with van der Waals surface area (Å²) in [5, 5.41) is 9.01. The van der Waals surface area contributed by atoms with E-state index in [1.807, 2.05) is 17.0 Å². The van der Waals surface area contributed by atoms with Crippen LogP contribution in [-0.2, 0) is 0 Å². The number of ether oxygens (including phenoxy) is 1. The highest BCUT2D eigenvalue weighted by Crippen LogP contribution is 2.25.